The smallest absolute Gasteiger partial charge is 0.317 e. The van der Waals surface area contributed by atoms with Crippen LogP contribution >= 0.6 is 0 Å². The molecule has 3 aromatic rings. The first-order valence-corrected chi connectivity index (χ1v) is 13.3. The molecule has 0 unspecified atom stereocenters. The number of methoxy groups -OCH3 is 1. The van der Waals surface area contributed by atoms with Crippen LogP contribution in [0.15, 0.2) is 70.8 Å². The van der Waals surface area contributed by atoms with Gasteiger partial charge in [-0.25, -0.2) is 0 Å². The zero-order valence-electron chi connectivity index (χ0n) is 22.0. The minimum atomic E-state index is -0.952. The highest BCUT2D eigenvalue weighted by atomic mass is 16.5. The first-order valence-electron chi connectivity index (χ1n) is 13.3. The van der Waals surface area contributed by atoms with Crippen LogP contribution in [-0.2, 0) is 32.2 Å². The monoisotopic (exact) mass is 514 g/mol. The molecule has 1 saturated heterocycles. The summed E-state index contributed by atoms with van der Waals surface area (Å²) in [6, 6.07) is 17.8. The van der Waals surface area contributed by atoms with E-state index in [-0.39, 0.29) is 37.2 Å². The Balaban J connectivity index is 1.47. The molecule has 7 nitrogen and oxygen atoms in total. The molecule has 1 N–H and O–H groups in total. The van der Waals surface area contributed by atoms with E-state index >= 15 is 0 Å². The maximum atomic E-state index is 14.0. The highest BCUT2D eigenvalue weighted by Crippen LogP contribution is 2.50. The van der Waals surface area contributed by atoms with Gasteiger partial charge in [0.05, 0.1) is 20.2 Å². The molecule has 0 spiro atoms. The molecular weight excluding hydrogens is 480 g/mol. The van der Waals surface area contributed by atoms with Gasteiger partial charge >= 0.3 is 5.97 Å². The Morgan fingerprint density at radius 2 is 1.92 bits per heavy atom. The summed E-state index contributed by atoms with van der Waals surface area (Å²) in [6.07, 6.45) is 5.48. The van der Waals surface area contributed by atoms with Gasteiger partial charge in [-0.2, -0.15) is 0 Å². The Labute approximate surface area is 222 Å². The van der Waals surface area contributed by atoms with Crippen LogP contribution in [0, 0.1) is 18.3 Å². The van der Waals surface area contributed by atoms with Crippen LogP contribution in [0.1, 0.15) is 55.6 Å². The number of hydrogen-bond acceptors (Lipinski definition) is 5. The Hall–Kier alpha value is -3.87. The second kappa shape index (κ2) is 10.9. The predicted molar refractivity (Wildman–Crippen MR) is 144 cm³/mol. The lowest BCUT2D eigenvalue weighted by molar-refractivity contribution is -0.160. The molecule has 0 bridgehead atoms. The van der Waals surface area contributed by atoms with Gasteiger partial charge in [0.25, 0.3) is 0 Å². The molecule has 7 heteroatoms. The summed E-state index contributed by atoms with van der Waals surface area (Å²) in [5.41, 5.74) is 0.772. The maximum Gasteiger partial charge on any atom is 0.317 e. The van der Waals surface area contributed by atoms with Gasteiger partial charge < -0.3 is 19.4 Å². The minimum Gasteiger partial charge on any atom is -0.468 e. The number of benzene rings is 2. The zero-order valence-corrected chi connectivity index (χ0v) is 22.0. The van der Waals surface area contributed by atoms with E-state index in [1.54, 1.807) is 4.90 Å². The summed E-state index contributed by atoms with van der Waals surface area (Å²) in [5, 5.41) is 5.03. The summed E-state index contributed by atoms with van der Waals surface area (Å²) in [7, 11) is 1.40. The summed E-state index contributed by atoms with van der Waals surface area (Å²) in [4.78, 5) is 42.2. The van der Waals surface area contributed by atoms with Crippen molar-refractivity contribution in [2.75, 3.05) is 7.11 Å². The molecule has 2 heterocycles. The van der Waals surface area contributed by atoms with Crippen LogP contribution < -0.4 is 5.32 Å². The number of piperidine rings is 1. The lowest BCUT2D eigenvalue weighted by Gasteiger charge is -2.46. The molecular formula is C31H34N2O5. The van der Waals surface area contributed by atoms with Gasteiger partial charge in [-0.15, -0.1) is 0 Å². The Bertz CT molecular complexity index is 1380. The van der Waals surface area contributed by atoms with E-state index in [1.807, 2.05) is 61.5 Å². The number of rotatable bonds is 7. The number of nitrogens with zero attached hydrogens (tertiary/aromatic N) is 1. The van der Waals surface area contributed by atoms with E-state index in [4.69, 9.17) is 9.15 Å². The molecule has 2 atom stereocenters. The second-order valence-electron chi connectivity index (χ2n) is 10.4. The molecule has 1 aliphatic carbocycles. The number of furan rings is 1. The van der Waals surface area contributed by atoms with Crippen LogP contribution in [0.5, 0.6) is 0 Å². The summed E-state index contributed by atoms with van der Waals surface area (Å²) in [6.45, 7) is 2.43. The summed E-state index contributed by atoms with van der Waals surface area (Å²) in [5.74, 6) is 0.0743. The van der Waals surface area contributed by atoms with Crippen LogP contribution in [-0.4, -0.2) is 29.8 Å². The molecule has 2 amide bonds. The first-order chi connectivity index (χ1) is 18.4. The molecule has 2 aromatic carbocycles. The average molecular weight is 515 g/mol. The van der Waals surface area contributed by atoms with Gasteiger partial charge in [-0.3, -0.25) is 14.4 Å². The number of fused-ring (bicyclic) bond motifs is 2. The predicted octanol–water partition coefficient (Wildman–Crippen LogP) is 5.41. The number of ether oxygens (including phenoxy) is 1. The minimum absolute atomic E-state index is 0.00339. The third-order valence-corrected chi connectivity index (χ3v) is 7.86. The lowest BCUT2D eigenvalue weighted by Crippen LogP contribution is -2.53. The van der Waals surface area contributed by atoms with E-state index in [1.165, 1.54) is 7.11 Å². The van der Waals surface area contributed by atoms with Crippen molar-refractivity contribution in [3.63, 3.8) is 0 Å². The molecule has 2 aliphatic rings. The third kappa shape index (κ3) is 4.97. The van der Waals surface area contributed by atoms with Crippen molar-refractivity contribution in [3.8, 4) is 0 Å². The molecule has 1 aromatic heterocycles. The quantitative estimate of drug-likeness (QED) is 0.426. The lowest BCUT2D eigenvalue weighted by atomic mass is 9.69. The van der Waals surface area contributed by atoms with Crippen molar-refractivity contribution in [1.29, 1.82) is 0 Å². The topological polar surface area (TPSA) is 88.8 Å². The van der Waals surface area contributed by atoms with E-state index in [0.717, 1.165) is 47.1 Å². The number of aryl methyl sites for hydroxylation is 1. The van der Waals surface area contributed by atoms with Gasteiger partial charge in [0.15, 0.2) is 0 Å². The molecule has 0 saturated carbocycles. The number of carbonyl (C=O) groups is 3. The number of hydrogen-bond donors (Lipinski definition) is 1. The second-order valence-corrected chi connectivity index (χ2v) is 10.4. The van der Waals surface area contributed by atoms with Crippen LogP contribution in [0.2, 0.25) is 0 Å². The van der Waals surface area contributed by atoms with Crippen molar-refractivity contribution < 1.29 is 23.5 Å². The Morgan fingerprint density at radius 3 is 2.71 bits per heavy atom. The molecule has 198 valence electrons. The number of allylic oxidation sites excluding steroid dienone is 1. The normalized spacial score (nSPS) is 21.4. The van der Waals surface area contributed by atoms with Crippen molar-refractivity contribution >= 4 is 28.6 Å². The van der Waals surface area contributed by atoms with E-state index < -0.39 is 11.3 Å². The number of nitrogens with one attached hydrogen (secondary N) is 1. The fraction of sp³-hybridized carbons (Fsp3) is 0.387. The summed E-state index contributed by atoms with van der Waals surface area (Å²) < 4.78 is 10.9. The molecule has 5 rings (SSSR count). The van der Waals surface area contributed by atoms with Crippen molar-refractivity contribution in [3.05, 3.63) is 83.5 Å². The van der Waals surface area contributed by atoms with Crippen LogP contribution in [0.3, 0.4) is 0 Å². The van der Waals surface area contributed by atoms with E-state index in [9.17, 15) is 14.4 Å². The molecule has 1 aliphatic heterocycles. The number of esters is 1. The van der Waals surface area contributed by atoms with Crippen molar-refractivity contribution in [2.24, 2.45) is 11.3 Å². The molecule has 38 heavy (non-hydrogen) atoms. The molecule has 0 radical (unpaired) electrons. The SMILES string of the molecule is COC(=O)[C@]12CCCCC=C1N(Cc1cccc3ccccc13)C(=O)[C@H](CC(=O)NCc1ccc(C)o1)C2. The number of likely N-dealkylation sites (tertiary alicyclic amines) is 1. The standard InChI is InChI=1S/C31H34N2O5/c1-21-14-15-25(38-21)19-32-28(34)17-24-18-31(30(36)37-2)16-7-3-4-13-27(31)33(29(24)35)20-23-11-8-10-22-9-5-6-12-26(22)23/h5-6,8-15,24H,3-4,7,16-20H2,1-2H3,(H,32,34)/t24-,31+/m1/s1. The largest absolute Gasteiger partial charge is 0.468 e. The van der Waals surface area contributed by atoms with Gasteiger partial charge in [-0.05, 0) is 61.1 Å². The Kier molecular flexibility index (Phi) is 7.36. The number of carbonyl (C=O) groups excluding carboxylic acids is 3. The van der Waals surface area contributed by atoms with E-state index in [2.05, 4.69) is 11.4 Å². The fourth-order valence-corrected chi connectivity index (χ4v) is 6.03. The van der Waals surface area contributed by atoms with Gasteiger partial charge in [0.1, 0.15) is 16.9 Å². The third-order valence-electron chi connectivity index (χ3n) is 7.86. The van der Waals surface area contributed by atoms with Gasteiger partial charge in [0, 0.05) is 18.0 Å². The maximum absolute atomic E-state index is 14.0. The highest BCUT2D eigenvalue weighted by molar-refractivity contribution is 5.93. The molecule has 1 fully saturated rings. The van der Waals surface area contributed by atoms with E-state index in [0.29, 0.717) is 18.7 Å². The van der Waals surface area contributed by atoms with Gasteiger partial charge in [0.2, 0.25) is 11.8 Å². The van der Waals surface area contributed by atoms with Crippen molar-refractivity contribution in [2.45, 2.75) is 58.5 Å². The Morgan fingerprint density at radius 1 is 1.11 bits per heavy atom. The summed E-state index contributed by atoms with van der Waals surface area (Å²) >= 11 is 0. The highest BCUT2D eigenvalue weighted by Gasteiger charge is 2.53. The fourth-order valence-electron chi connectivity index (χ4n) is 6.03. The van der Waals surface area contributed by atoms with Crippen LogP contribution in [0.4, 0.5) is 0 Å². The zero-order chi connectivity index (χ0) is 26.7. The van der Waals surface area contributed by atoms with Gasteiger partial charge in [-0.1, -0.05) is 55.0 Å². The van der Waals surface area contributed by atoms with Crippen molar-refractivity contribution in [1.82, 2.24) is 10.2 Å². The van der Waals surface area contributed by atoms with Crippen LogP contribution in [0.25, 0.3) is 10.8 Å². The average Bonchev–Trinajstić information content (AvgIpc) is 3.23. The first kappa shape index (κ1) is 25.8. The number of amides is 2.